The van der Waals surface area contributed by atoms with Crippen molar-refractivity contribution in [1.82, 2.24) is 4.98 Å². The van der Waals surface area contributed by atoms with Gasteiger partial charge in [-0.2, -0.15) is 5.26 Å². The molecule has 0 spiro atoms. The summed E-state index contributed by atoms with van der Waals surface area (Å²) in [5.41, 5.74) is -0.338. The van der Waals surface area contributed by atoms with Crippen molar-refractivity contribution in [3.8, 4) is 6.07 Å². The normalized spacial score (nSPS) is 10.8. The Hall–Kier alpha value is -1.98. The summed E-state index contributed by atoms with van der Waals surface area (Å²) in [5, 5.41) is 8.71. The summed E-state index contributed by atoms with van der Waals surface area (Å²) < 4.78 is 40.3. The molecule has 0 fully saturated rings. The van der Waals surface area contributed by atoms with Crippen LogP contribution in [-0.2, 0) is 10.0 Å². The van der Waals surface area contributed by atoms with Gasteiger partial charge in [0.2, 0.25) is 0 Å². The van der Waals surface area contributed by atoms with Crippen LogP contribution in [0.3, 0.4) is 0 Å². The number of hydrogen-bond acceptors (Lipinski definition) is 4. The molecule has 0 aliphatic carbocycles. The Labute approximate surface area is 123 Å². The zero-order chi connectivity index (χ0) is 14.8. The van der Waals surface area contributed by atoms with Crippen molar-refractivity contribution in [2.24, 2.45) is 0 Å². The van der Waals surface area contributed by atoms with Gasteiger partial charge in [-0.05, 0) is 30.3 Å². The first kappa shape index (κ1) is 14.4. The van der Waals surface area contributed by atoms with Crippen LogP contribution < -0.4 is 4.72 Å². The van der Waals surface area contributed by atoms with Crippen LogP contribution in [-0.4, -0.2) is 13.4 Å². The lowest BCUT2D eigenvalue weighted by Gasteiger charge is -2.07. The van der Waals surface area contributed by atoms with E-state index in [1.165, 1.54) is 12.3 Å². The van der Waals surface area contributed by atoms with E-state index >= 15 is 0 Å². The fourth-order valence-corrected chi connectivity index (χ4v) is 2.77. The summed E-state index contributed by atoms with van der Waals surface area (Å²) in [4.78, 5) is 3.64. The van der Waals surface area contributed by atoms with Crippen molar-refractivity contribution >= 4 is 31.8 Å². The molecule has 0 aliphatic heterocycles. The summed E-state index contributed by atoms with van der Waals surface area (Å²) in [6, 6.07) is 7.69. The average molecular weight is 356 g/mol. The zero-order valence-electron chi connectivity index (χ0n) is 9.84. The van der Waals surface area contributed by atoms with Crippen LogP contribution in [0.15, 0.2) is 45.9 Å². The first-order valence-electron chi connectivity index (χ1n) is 5.26. The Morgan fingerprint density at radius 1 is 1.30 bits per heavy atom. The molecular weight excluding hydrogens is 349 g/mol. The number of nitrogens with zero attached hydrogens (tertiary/aromatic N) is 2. The highest BCUT2D eigenvalue weighted by Gasteiger charge is 2.17. The second-order valence-electron chi connectivity index (χ2n) is 3.72. The predicted octanol–water partition coefficient (Wildman–Crippen LogP) is 2.66. The van der Waals surface area contributed by atoms with E-state index in [2.05, 4.69) is 25.6 Å². The SMILES string of the molecule is N#Cc1cc(S(=O)(=O)Nc2cc(Br)ccn2)ccc1F. The molecule has 2 aromatic rings. The maximum atomic E-state index is 13.2. The molecule has 102 valence electrons. The number of aromatic nitrogens is 1. The highest BCUT2D eigenvalue weighted by molar-refractivity contribution is 9.10. The van der Waals surface area contributed by atoms with E-state index in [1.54, 1.807) is 12.1 Å². The van der Waals surface area contributed by atoms with Crippen molar-refractivity contribution in [3.05, 3.63) is 52.4 Å². The number of halogens is 2. The van der Waals surface area contributed by atoms with E-state index in [0.717, 1.165) is 18.2 Å². The van der Waals surface area contributed by atoms with Gasteiger partial charge in [-0.15, -0.1) is 0 Å². The van der Waals surface area contributed by atoms with E-state index < -0.39 is 15.8 Å². The minimum atomic E-state index is -3.93. The van der Waals surface area contributed by atoms with E-state index in [-0.39, 0.29) is 16.3 Å². The number of rotatable bonds is 3. The van der Waals surface area contributed by atoms with Crippen molar-refractivity contribution in [3.63, 3.8) is 0 Å². The lowest BCUT2D eigenvalue weighted by atomic mass is 10.2. The van der Waals surface area contributed by atoms with Gasteiger partial charge in [0.05, 0.1) is 10.5 Å². The lowest BCUT2D eigenvalue weighted by molar-refractivity contribution is 0.599. The van der Waals surface area contributed by atoms with Crippen LogP contribution in [0.25, 0.3) is 0 Å². The maximum Gasteiger partial charge on any atom is 0.263 e. The zero-order valence-corrected chi connectivity index (χ0v) is 12.2. The third-order valence-electron chi connectivity index (χ3n) is 2.33. The number of benzene rings is 1. The number of hydrogen-bond donors (Lipinski definition) is 1. The van der Waals surface area contributed by atoms with E-state index in [9.17, 15) is 12.8 Å². The maximum absolute atomic E-state index is 13.2. The van der Waals surface area contributed by atoms with E-state index in [4.69, 9.17) is 5.26 Å². The van der Waals surface area contributed by atoms with Gasteiger partial charge in [0.25, 0.3) is 10.0 Å². The third kappa shape index (κ3) is 3.12. The van der Waals surface area contributed by atoms with Crippen molar-refractivity contribution in [2.75, 3.05) is 4.72 Å². The Kier molecular flexibility index (Phi) is 4.01. The largest absolute Gasteiger partial charge is 0.263 e. The molecule has 0 radical (unpaired) electrons. The van der Waals surface area contributed by atoms with Gasteiger partial charge in [0, 0.05) is 10.7 Å². The van der Waals surface area contributed by atoms with Crippen LogP contribution in [0, 0.1) is 17.1 Å². The molecule has 0 atom stereocenters. The fraction of sp³-hybridized carbons (Fsp3) is 0. The molecule has 0 amide bonds. The smallest absolute Gasteiger partial charge is 0.263 e. The first-order chi connectivity index (χ1) is 9.42. The third-order valence-corrected chi connectivity index (χ3v) is 4.18. The molecule has 0 bridgehead atoms. The summed E-state index contributed by atoms with van der Waals surface area (Å²) in [7, 11) is -3.93. The molecule has 8 heteroatoms. The molecule has 1 aromatic heterocycles. The second-order valence-corrected chi connectivity index (χ2v) is 6.32. The molecular formula is C12H7BrFN3O2S. The molecule has 0 saturated heterocycles. The van der Waals surface area contributed by atoms with Crippen molar-refractivity contribution in [1.29, 1.82) is 5.26 Å². The van der Waals surface area contributed by atoms with Crippen molar-refractivity contribution < 1.29 is 12.8 Å². The fourth-order valence-electron chi connectivity index (χ4n) is 1.41. The second kappa shape index (κ2) is 5.56. The number of anilines is 1. The van der Waals surface area contributed by atoms with Crippen LogP contribution >= 0.6 is 15.9 Å². The van der Waals surface area contributed by atoms with Crippen molar-refractivity contribution in [2.45, 2.75) is 4.90 Å². The molecule has 20 heavy (non-hydrogen) atoms. The van der Waals surface area contributed by atoms with Crippen LogP contribution in [0.4, 0.5) is 10.2 Å². The van der Waals surface area contributed by atoms with Crippen LogP contribution in [0.2, 0.25) is 0 Å². The molecule has 1 heterocycles. The summed E-state index contributed by atoms with van der Waals surface area (Å²) in [5.74, 6) is -0.658. The number of nitriles is 1. The monoisotopic (exact) mass is 355 g/mol. The molecule has 5 nitrogen and oxygen atoms in total. The minimum Gasteiger partial charge on any atom is -0.263 e. The minimum absolute atomic E-state index is 0.113. The number of nitrogens with one attached hydrogen (secondary N) is 1. The van der Waals surface area contributed by atoms with Gasteiger partial charge >= 0.3 is 0 Å². The molecule has 1 N–H and O–H groups in total. The summed E-state index contributed by atoms with van der Waals surface area (Å²) >= 11 is 3.19. The van der Waals surface area contributed by atoms with Gasteiger partial charge < -0.3 is 0 Å². The van der Waals surface area contributed by atoms with E-state index in [0.29, 0.717) is 4.47 Å². The van der Waals surface area contributed by atoms with Gasteiger partial charge in [0.15, 0.2) is 0 Å². The van der Waals surface area contributed by atoms with Gasteiger partial charge in [-0.25, -0.2) is 17.8 Å². The Morgan fingerprint density at radius 2 is 2.05 bits per heavy atom. The molecule has 0 unspecified atom stereocenters. The summed E-state index contributed by atoms with van der Waals surface area (Å²) in [6.45, 7) is 0. The predicted molar refractivity (Wildman–Crippen MR) is 73.9 cm³/mol. The Morgan fingerprint density at radius 3 is 2.70 bits per heavy atom. The highest BCUT2D eigenvalue weighted by atomic mass is 79.9. The molecule has 0 aliphatic rings. The lowest BCUT2D eigenvalue weighted by Crippen LogP contribution is -2.14. The Bertz CT molecular complexity index is 803. The number of pyridine rings is 1. The Balaban J connectivity index is 2.39. The molecule has 2 rings (SSSR count). The van der Waals surface area contributed by atoms with E-state index in [1.807, 2.05) is 0 Å². The van der Waals surface area contributed by atoms with Crippen LogP contribution in [0.1, 0.15) is 5.56 Å². The number of sulfonamides is 1. The standard InChI is InChI=1S/C12H7BrFN3O2S/c13-9-3-4-16-12(6-9)17-20(18,19)10-1-2-11(14)8(5-10)7-15/h1-6H,(H,16,17). The topological polar surface area (TPSA) is 82.8 Å². The van der Waals surface area contributed by atoms with Crippen LogP contribution in [0.5, 0.6) is 0 Å². The quantitative estimate of drug-likeness (QED) is 0.917. The highest BCUT2D eigenvalue weighted by Crippen LogP contribution is 2.19. The first-order valence-corrected chi connectivity index (χ1v) is 7.54. The molecule has 1 aromatic carbocycles. The van der Waals surface area contributed by atoms with Gasteiger partial charge in [-0.1, -0.05) is 15.9 Å². The molecule has 0 saturated carbocycles. The van der Waals surface area contributed by atoms with Gasteiger partial charge in [-0.3, -0.25) is 4.72 Å². The summed E-state index contributed by atoms with van der Waals surface area (Å²) in [6.07, 6.45) is 1.42. The van der Waals surface area contributed by atoms with Gasteiger partial charge in [0.1, 0.15) is 17.7 Å². The average Bonchev–Trinajstić information content (AvgIpc) is 2.38.